The Hall–Kier alpha value is -2.48. The van der Waals surface area contributed by atoms with E-state index in [1.165, 1.54) is 30.2 Å². The van der Waals surface area contributed by atoms with E-state index in [0.717, 1.165) is 0 Å². The molecule has 1 aliphatic heterocycles. The highest BCUT2D eigenvalue weighted by atomic mass is 16.6. The molecule has 0 aromatic heterocycles. The van der Waals surface area contributed by atoms with Crippen molar-refractivity contribution in [2.24, 2.45) is 5.92 Å². The number of non-ortho nitro benzene ring substituents is 1. The molecule has 2 rings (SSSR count). The Morgan fingerprint density at radius 3 is 2.86 bits per heavy atom. The second-order valence-corrected chi connectivity index (χ2v) is 4.66. The molecule has 1 aromatic carbocycles. The van der Waals surface area contributed by atoms with Gasteiger partial charge in [0.25, 0.3) is 5.69 Å². The summed E-state index contributed by atoms with van der Waals surface area (Å²) in [6, 6.07) is 3.88. The highest BCUT2D eigenvalue weighted by molar-refractivity contribution is 6.00. The summed E-state index contributed by atoms with van der Waals surface area (Å²) < 4.78 is 4.61. The number of ether oxygens (including phenoxy) is 1. The minimum atomic E-state index is -0.603. The smallest absolute Gasteiger partial charge is 0.311 e. The van der Waals surface area contributed by atoms with Gasteiger partial charge in [-0.3, -0.25) is 19.7 Å². The number of hydrogen-bond acceptors (Lipinski definition) is 6. The van der Waals surface area contributed by atoms with Crippen molar-refractivity contribution in [1.82, 2.24) is 0 Å². The summed E-state index contributed by atoms with van der Waals surface area (Å²) in [5, 5.41) is 20.1. The van der Waals surface area contributed by atoms with Crippen LogP contribution in [0.2, 0.25) is 0 Å². The van der Waals surface area contributed by atoms with E-state index in [4.69, 9.17) is 0 Å². The predicted octanol–water partition coefficient (Wildman–Crippen LogP) is 0.613. The van der Waals surface area contributed by atoms with E-state index in [2.05, 4.69) is 4.74 Å². The second-order valence-electron chi connectivity index (χ2n) is 4.66. The van der Waals surface area contributed by atoms with E-state index in [1.807, 2.05) is 0 Å². The van der Waals surface area contributed by atoms with Crippen LogP contribution in [-0.2, 0) is 20.9 Å². The van der Waals surface area contributed by atoms with Gasteiger partial charge in [-0.05, 0) is 6.07 Å². The largest absolute Gasteiger partial charge is 0.469 e. The molecule has 0 aliphatic carbocycles. The van der Waals surface area contributed by atoms with Crippen LogP contribution in [0.1, 0.15) is 12.0 Å². The summed E-state index contributed by atoms with van der Waals surface area (Å²) in [5.74, 6) is -1.43. The average Bonchev–Trinajstić information content (AvgIpc) is 2.87. The molecule has 1 N–H and O–H groups in total. The Morgan fingerprint density at radius 2 is 2.29 bits per heavy atom. The lowest BCUT2D eigenvalue weighted by Crippen LogP contribution is -2.27. The Kier molecular flexibility index (Phi) is 4.18. The maximum absolute atomic E-state index is 12.0. The summed E-state index contributed by atoms with van der Waals surface area (Å²) in [7, 11) is 1.24. The molecule has 1 saturated heterocycles. The Bertz CT molecular complexity index is 600. The van der Waals surface area contributed by atoms with Gasteiger partial charge in [0.2, 0.25) is 5.91 Å². The molecule has 112 valence electrons. The third-order valence-electron chi connectivity index (χ3n) is 3.40. The van der Waals surface area contributed by atoms with Crippen molar-refractivity contribution in [3.8, 4) is 0 Å². The number of aliphatic hydroxyl groups is 1. The molecule has 0 radical (unpaired) electrons. The lowest BCUT2D eigenvalue weighted by atomic mass is 10.1. The zero-order chi connectivity index (χ0) is 15.6. The predicted molar refractivity (Wildman–Crippen MR) is 71.5 cm³/mol. The van der Waals surface area contributed by atoms with Gasteiger partial charge in [-0.25, -0.2) is 0 Å². The van der Waals surface area contributed by atoms with Crippen molar-refractivity contribution >= 4 is 23.3 Å². The lowest BCUT2D eigenvalue weighted by molar-refractivity contribution is -0.384. The van der Waals surface area contributed by atoms with Crippen LogP contribution in [-0.4, -0.2) is 35.6 Å². The summed E-state index contributed by atoms with van der Waals surface area (Å²) in [6.45, 7) is -0.278. The first-order valence-electron chi connectivity index (χ1n) is 6.24. The number of nitro benzene ring substituents is 1. The van der Waals surface area contributed by atoms with Crippen LogP contribution in [0.4, 0.5) is 11.4 Å². The number of benzene rings is 1. The maximum Gasteiger partial charge on any atom is 0.311 e. The summed E-state index contributed by atoms with van der Waals surface area (Å²) in [6.07, 6.45) is -0.0137. The number of rotatable bonds is 4. The van der Waals surface area contributed by atoms with Gasteiger partial charge in [-0.1, -0.05) is 0 Å². The monoisotopic (exact) mass is 294 g/mol. The van der Waals surface area contributed by atoms with Crippen LogP contribution in [0.15, 0.2) is 18.2 Å². The molecule has 8 heteroatoms. The molecule has 1 aliphatic rings. The summed E-state index contributed by atoms with van der Waals surface area (Å²) in [4.78, 5) is 35.1. The number of esters is 1. The van der Waals surface area contributed by atoms with Gasteiger partial charge in [0, 0.05) is 30.7 Å². The molecule has 1 atom stereocenters. The van der Waals surface area contributed by atoms with Gasteiger partial charge < -0.3 is 14.7 Å². The van der Waals surface area contributed by atoms with Crippen LogP contribution in [0, 0.1) is 16.0 Å². The number of carbonyl (C=O) groups is 2. The van der Waals surface area contributed by atoms with E-state index in [-0.39, 0.29) is 36.9 Å². The molecule has 1 unspecified atom stereocenters. The van der Waals surface area contributed by atoms with E-state index >= 15 is 0 Å². The zero-order valence-electron chi connectivity index (χ0n) is 11.3. The van der Waals surface area contributed by atoms with Gasteiger partial charge in [0.15, 0.2) is 0 Å². The van der Waals surface area contributed by atoms with Crippen molar-refractivity contribution in [2.45, 2.75) is 13.0 Å². The number of amides is 1. The fraction of sp³-hybridized carbons (Fsp3) is 0.385. The molecule has 0 saturated carbocycles. The fourth-order valence-electron chi connectivity index (χ4n) is 2.32. The van der Waals surface area contributed by atoms with E-state index < -0.39 is 16.8 Å². The Balaban J connectivity index is 2.36. The molecule has 21 heavy (non-hydrogen) atoms. The van der Waals surface area contributed by atoms with Crippen molar-refractivity contribution < 1.29 is 24.4 Å². The number of anilines is 1. The third kappa shape index (κ3) is 2.84. The average molecular weight is 294 g/mol. The summed E-state index contributed by atoms with van der Waals surface area (Å²) >= 11 is 0. The number of methoxy groups -OCH3 is 1. The first-order valence-corrected chi connectivity index (χ1v) is 6.24. The third-order valence-corrected chi connectivity index (χ3v) is 3.40. The number of aliphatic hydroxyl groups excluding tert-OH is 1. The molecular weight excluding hydrogens is 280 g/mol. The lowest BCUT2D eigenvalue weighted by Gasteiger charge is -2.19. The van der Waals surface area contributed by atoms with Crippen molar-refractivity contribution in [2.75, 3.05) is 18.6 Å². The Morgan fingerprint density at radius 1 is 1.57 bits per heavy atom. The molecule has 1 amide bonds. The number of carbonyl (C=O) groups excluding carboxylic acids is 2. The van der Waals surface area contributed by atoms with Gasteiger partial charge in [-0.2, -0.15) is 0 Å². The standard InChI is InChI=1S/C13H14N2O6/c1-21-13(18)9-4-12(17)14(6-9)11-5-10(15(19)20)3-2-8(11)7-16/h2-3,5,9,16H,4,6-7H2,1H3. The quantitative estimate of drug-likeness (QED) is 0.495. The van der Waals surface area contributed by atoms with Crippen LogP contribution >= 0.6 is 0 Å². The van der Waals surface area contributed by atoms with Crippen LogP contribution in [0.5, 0.6) is 0 Å². The minimum absolute atomic E-state index is 0.0137. The van der Waals surface area contributed by atoms with Crippen molar-refractivity contribution in [1.29, 1.82) is 0 Å². The molecular formula is C13H14N2O6. The van der Waals surface area contributed by atoms with E-state index in [1.54, 1.807) is 0 Å². The molecule has 8 nitrogen and oxygen atoms in total. The number of hydrogen-bond donors (Lipinski definition) is 1. The van der Waals surface area contributed by atoms with Gasteiger partial charge in [0.05, 0.1) is 30.2 Å². The minimum Gasteiger partial charge on any atom is -0.469 e. The van der Waals surface area contributed by atoms with E-state index in [0.29, 0.717) is 5.56 Å². The van der Waals surface area contributed by atoms with Crippen LogP contribution in [0.25, 0.3) is 0 Å². The highest BCUT2D eigenvalue weighted by Gasteiger charge is 2.37. The normalized spacial score (nSPS) is 17.9. The molecule has 1 aromatic rings. The molecule has 0 bridgehead atoms. The topological polar surface area (TPSA) is 110 Å². The number of nitro groups is 1. The number of nitrogens with zero attached hydrogens (tertiary/aromatic N) is 2. The van der Waals surface area contributed by atoms with E-state index in [9.17, 15) is 24.8 Å². The summed E-state index contributed by atoms with van der Waals surface area (Å²) in [5.41, 5.74) is 0.457. The van der Waals surface area contributed by atoms with Gasteiger partial charge in [0.1, 0.15) is 0 Å². The van der Waals surface area contributed by atoms with Gasteiger partial charge in [-0.15, -0.1) is 0 Å². The maximum atomic E-state index is 12.0. The fourth-order valence-corrected chi connectivity index (χ4v) is 2.32. The molecule has 1 fully saturated rings. The van der Waals surface area contributed by atoms with Crippen molar-refractivity contribution in [3.05, 3.63) is 33.9 Å². The second kappa shape index (κ2) is 5.88. The van der Waals surface area contributed by atoms with Crippen LogP contribution < -0.4 is 4.90 Å². The van der Waals surface area contributed by atoms with Crippen LogP contribution in [0.3, 0.4) is 0 Å². The Labute approximate surface area is 120 Å². The first kappa shape index (κ1) is 14.9. The van der Waals surface area contributed by atoms with Gasteiger partial charge >= 0.3 is 5.97 Å². The first-order chi connectivity index (χ1) is 9.97. The molecule has 1 heterocycles. The zero-order valence-corrected chi connectivity index (χ0v) is 11.3. The SMILES string of the molecule is COC(=O)C1CC(=O)N(c2cc([N+](=O)[O-])ccc2CO)C1. The molecule has 0 spiro atoms. The van der Waals surface area contributed by atoms with Crippen molar-refractivity contribution in [3.63, 3.8) is 0 Å². The highest BCUT2D eigenvalue weighted by Crippen LogP contribution is 2.31.